The van der Waals surface area contributed by atoms with Gasteiger partial charge in [0.05, 0.1) is 11.9 Å². The van der Waals surface area contributed by atoms with Gasteiger partial charge in [-0.3, -0.25) is 14.5 Å². The number of nitrogens with zero attached hydrogens (tertiary/aromatic N) is 5. The number of carbonyl (C=O) groups excluding carboxylic acids is 3. The Morgan fingerprint density at radius 3 is 2.89 bits per heavy atom. The Morgan fingerprint density at radius 2 is 2.21 bits per heavy atom. The summed E-state index contributed by atoms with van der Waals surface area (Å²) in [5.41, 5.74) is -0.405. The van der Waals surface area contributed by atoms with Crippen LogP contribution in [0.4, 0.5) is 10.5 Å². The summed E-state index contributed by atoms with van der Waals surface area (Å²) >= 11 is 0. The quantitative estimate of drug-likeness (QED) is 0.763. The van der Waals surface area contributed by atoms with Crippen LogP contribution in [-0.2, 0) is 9.59 Å². The van der Waals surface area contributed by atoms with E-state index in [0.717, 1.165) is 24.2 Å². The molecule has 2 atom stereocenters. The van der Waals surface area contributed by atoms with Gasteiger partial charge in [-0.2, -0.15) is 5.10 Å². The van der Waals surface area contributed by atoms with Crippen molar-refractivity contribution in [2.75, 3.05) is 11.9 Å². The fourth-order valence-electron chi connectivity index (χ4n) is 3.91. The largest absolute Gasteiger partial charge is 0.325 e. The van der Waals surface area contributed by atoms with Crippen LogP contribution in [0.25, 0.3) is 5.82 Å². The number of imide groups is 1. The van der Waals surface area contributed by atoms with Crippen LogP contribution in [0.15, 0.2) is 31.0 Å². The maximum absolute atomic E-state index is 12.9. The van der Waals surface area contributed by atoms with E-state index in [1.807, 2.05) is 6.92 Å². The summed E-state index contributed by atoms with van der Waals surface area (Å²) in [5.74, 6) is -0.157. The Balaban J connectivity index is 1.41. The molecule has 2 N–H and O–H groups in total. The Bertz CT molecular complexity index is 896. The van der Waals surface area contributed by atoms with Crippen molar-refractivity contribution in [1.29, 1.82) is 0 Å². The van der Waals surface area contributed by atoms with Gasteiger partial charge in [0.2, 0.25) is 5.91 Å². The van der Waals surface area contributed by atoms with Crippen molar-refractivity contribution in [1.82, 2.24) is 30.0 Å². The van der Waals surface area contributed by atoms with Crippen LogP contribution in [-0.4, -0.2) is 54.6 Å². The van der Waals surface area contributed by atoms with E-state index >= 15 is 0 Å². The predicted molar refractivity (Wildman–Crippen MR) is 98.4 cm³/mol. The number of anilines is 1. The van der Waals surface area contributed by atoms with Crippen LogP contribution < -0.4 is 10.6 Å². The van der Waals surface area contributed by atoms with Crippen molar-refractivity contribution in [3.05, 3.63) is 31.0 Å². The first-order valence-corrected chi connectivity index (χ1v) is 9.24. The lowest BCUT2D eigenvalue weighted by Gasteiger charge is -2.36. The smallest absolute Gasteiger partial charge is 0.323 e. The Morgan fingerprint density at radius 1 is 1.36 bits per heavy atom. The molecule has 1 saturated heterocycles. The SMILES string of the molecule is C[C@@H]1CCCC[C@@]12NC(=O)N(CC(=O)Nc1ccc(-n3cncn3)nc1)C2=O. The van der Waals surface area contributed by atoms with Crippen molar-refractivity contribution < 1.29 is 14.4 Å². The maximum atomic E-state index is 12.9. The van der Waals surface area contributed by atoms with Crippen molar-refractivity contribution in [2.45, 2.75) is 38.1 Å². The number of aromatic nitrogens is 4. The molecular weight excluding hydrogens is 362 g/mol. The van der Waals surface area contributed by atoms with E-state index in [2.05, 4.69) is 25.7 Å². The minimum absolute atomic E-state index is 0.0549. The molecule has 2 fully saturated rings. The third-order valence-electron chi connectivity index (χ3n) is 5.49. The van der Waals surface area contributed by atoms with Gasteiger partial charge in [0.1, 0.15) is 24.7 Å². The zero-order chi connectivity index (χ0) is 19.7. The van der Waals surface area contributed by atoms with Crippen LogP contribution in [0.3, 0.4) is 0 Å². The second kappa shape index (κ2) is 7.02. The Labute approximate surface area is 161 Å². The molecule has 146 valence electrons. The van der Waals surface area contributed by atoms with E-state index in [1.54, 1.807) is 12.1 Å². The maximum Gasteiger partial charge on any atom is 0.325 e. The van der Waals surface area contributed by atoms with Crippen LogP contribution in [0.5, 0.6) is 0 Å². The van der Waals surface area contributed by atoms with Gasteiger partial charge < -0.3 is 10.6 Å². The topological polar surface area (TPSA) is 122 Å². The number of amides is 4. The van der Waals surface area contributed by atoms with E-state index in [9.17, 15) is 14.4 Å². The fourth-order valence-corrected chi connectivity index (χ4v) is 3.91. The van der Waals surface area contributed by atoms with Gasteiger partial charge in [-0.25, -0.2) is 19.4 Å². The van der Waals surface area contributed by atoms with Gasteiger partial charge in [-0.1, -0.05) is 19.8 Å². The Kier molecular flexibility index (Phi) is 4.54. The van der Waals surface area contributed by atoms with Crippen molar-refractivity contribution in [2.24, 2.45) is 5.92 Å². The molecule has 1 saturated carbocycles. The number of carbonyl (C=O) groups is 3. The van der Waals surface area contributed by atoms with Gasteiger partial charge in [-0.05, 0) is 30.9 Å². The molecule has 2 aliphatic rings. The van der Waals surface area contributed by atoms with Crippen molar-refractivity contribution >= 4 is 23.5 Å². The molecule has 1 aliphatic heterocycles. The highest BCUT2D eigenvalue weighted by Gasteiger charge is 2.55. The highest BCUT2D eigenvalue weighted by Crippen LogP contribution is 2.38. The van der Waals surface area contributed by atoms with Gasteiger partial charge >= 0.3 is 6.03 Å². The molecule has 0 aromatic carbocycles. The monoisotopic (exact) mass is 383 g/mol. The second-order valence-electron chi connectivity index (χ2n) is 7.23. The summed E-state index contributed by atoms with van der Waals surface area (Å²) in [7, 11) is 0. The molecule has 0 unspecified atom stereocenters. The number of nitrogens with one attached hydrogen (secondary N) is 2. The van der Waals surface area contributed by atoms with E-state index < -0.39 is 17.5 Å². The first kappa shape index (κ1) is 18.1. The van der Waals surface area contributed by atoms with Gasteiger partial charge in [0.15, 0.2) is 5.82 Å². The second-order valence-corrected chi connectivity index (χ2v) is 7.23. The molecule has 1 spiro atoms. The fraction of sp³-hybridized carbons (Fsp3) is 0.444. The van der Waals surface area contributed by atoms with Crippen LogP contribution in [0.1, 0.15) is 32.6 Å². The standard InChI is InChI=1S/C18H21N7O3/c1-12-4-2-3-7-18(12)16(27)24(17(28)23-18)9-15(26)22-13-5-6-14(20-8-13)25-11-19-10-21-25/h5-6,8,10-12H,2-4,7,9H2,1H3,(H,22,26)(H,23,28)/t12-,18-/m1/s1. The molecule has 2 aromatic rings. The van der Waals surface area contributed by atoms with Gasteiger partial charge in [-0.15, -0.1) is 0 Å². The lowest BCUT2D eigenvalue weighted by atomic mass is 9.73. The molecule has 1 aliphatic carbocycles. The average molecular weight is 383 g/mol. The molecule has 2 aromatic heterocycles. The highest BCUT2D eigenvalue weighted by molar-refractivity contribution is 6.10. The van der Waals surface area contributed by atoms with Crippen LogP contribution >= 0.6 is 0 Å². The first-order chi connectivity index (χ1) is 13.5. The zero-order valence-electron chi connectivity index (χ0n) is 15.5. The third-order valence-corrected chi connectivity index (χ3v) is 5.49. The summed E-state index contributed by atoms with van der Waals surface area (Å²) in [5, 5.41) is 9.48. The predicted octanol–water partition coefficient (Wildman–Crippen LogP) is 1.10. The molecule has 3 heterocycles. The molecule has 4 amide bonds. The number of rotatable bonds is 4. The van der Waals surface area contributed by atoms with E-state index in [1.165, 1.54) is 23.5 Å². The molecule has 4 rings (SSSR count). The number of urea groups is 1. The normalized spacial score (nSPS) is 24.5. The van der Waals surface area contributed by atoms with Crippen molar-refractivity contribution in [3.8, 4) is 5.82 Å². The highest BCUT2D eigenvalue weighted by atomic mass is 16.2. The first-order valence-electron chi connectivity index (χ1n) is 9.24. The summed E-state index contributed by atoms with van der Waals surface area (Å²) in [6.07, 6.45) is 7.83. The molecule has 10 heteroatoms. The van der Waals surface area contributed by atoms with E-state index in [4.69, 9.17) is 0 Å². The number of hydrogen-bond donors (Lipinski definition) is 2. The summed E-state index contributed by atoms with van der Waals surface area (Å²) in [6, 6.07) is 2.84. The lowest BCUT2D eigenvalue weighted by Crippen LogP contribution is -2.54. The minimum Gasteiger partial charge on any atom is -0.323 e. The van der Waals surface area contributed by atoms with Gasteiger partial charge in [0, 0.05) is 0 Å². The number of pyridine rings is 1. The molecule has 0 radical (unpaired) electrons. The van der Waals surface area contributed by atoms with E-state index in [0.29, 0.717) is 17.9 Å². The summed E-state index contributed by atoms with van der Waals surface area (Å²) in [4.78, 5) is 46.7. The zero-order valence-corrected chi connectivity index (χ0v) is 15.5. The lowest BCUT2D eigenvalue weighted by molar-refractivity contribution is -0.136. The molecule has 0 bridgehead atoms. The van der Waals surface area contributed by atoms with Crippen molar-refractivity contribution in [3.63, 3.8) is 0 Å². The number of hydrogen-bond acceptors (Lipinski definition) is 6. The molecule has 10 nitrogen and oxygen atoms in total. The third kappa shape index (κ3) is 3.10. The summed E-state index contributed by atoms with van der Waals surface area (Å²) < 4.78 is 1.49. The van der Waals surface area contributed by atoms with Gasteiger partial charge in [0.25, 0.3) is 5.91 Å². The Hall–Kier alpha value is -3.30. The van der Waals surface area contributed by atoms with Crippen LogP contribution in [0, 0.1) is 5.92 Å². The molecular formula is C18H21N7O3. The van der Waals surface area contributed by atoms with E-state index in [-0.39, 0.29) is 18.4 Å². The summed E-state index contributed by atoms with van der Waals surface area (Å²) in [6.45, 7) is 1.65. The van der Waals surface area contributed by atoms with Crippen LogP contribution in [0.2, 0.25) is 0 Å². The molecule has 28 heavy (non-hydrogen) atoms. The minimum atomic E-state index is -0.864. The average Bonchev–Trinajstić information content (AvgIpc) is 3.29.